The number of amides is 3. The molecule has 0 unspecified atom stereocenters. The molecule has 0 spiro atoms. The minimum absolute atomic E-state index is 0.0407. The summed E-state index contributed by atoms with van der Waals surface area (Å²) in [6.45, 7) is 1.94. The standard InChI is InChI=1S/C17H20ClN3O5S2/c1-10-15(28(24,25)21-17(23)19-2)9-12(27-10)6-7-20-16(22)13-8-11(18)4-5-14(13)26-3/h4-5,8-9H,6-7H2,1-3H3,(H,20,22)(H2,19,21,23). The van der Waals surface area contributed by atoms with Crippen molar-refractivity contribution in [1.82, 2.24) is 15.4 Å². The highest BCUT2D eigenvalue weighted by Gasteiger charge is 2.22. The maximum Gasteiger partial charge on any atom is 0.328 e. The number of carbonyl (C=O) groups is 2. The predicted molar refractivity (Wildman–Crippen MR) is 108 cm³/mol. The van der Waals surface area contributed by atoms with Gasteiger partial charge in [0.2, 0.25) is 0 Å². The van der Waals surface area contributed by atoms with Crippen molar-refractivity contribution in [2.24, 2.45) is 0 Å². The molecule has 1 heterocycles. The summed E-state index contributed by atoms with van der Waals surface area (Å²) in [5.74, 6) is 0.0595. The van der Waals surface area contributed by atoms with Crippen LogP contribution in [0.2, 0.25) is 5.02 Å². The van der Waals surface area contributed by atoms with E-state index in [1.807, 2.05) is 4.72 Å². The number of benzene rings is 1. The lowest BCUT2D eigenvalue weighted by Gasteiger charge is -2.09. The molecule has 1 aromatic heterocycles. The molecule has 0 fully saturated rings. The number of halogens is 1. The summed E-state index contributed by atoms with van der Waals surface area (Å²) >= 11 is 7.22. The zero-order valence-corrected chi connectivity index (χ0v) is 17.8. The van der Waals surface area contributed by atoms with Gasteiger partial charge in [0.05, 0.1) is 12.7 Å². The minimum Gasteiger partial charge on any atom is -0.496 e. The number of aryl methyl sites for hydroxylation is 1. The van der Waals surface area contributed by atoms with Gasteiger partial charge in [-0.15, -0.1) is 11.3 Å². The van der Waals surface area contributed by atoms with Crippen LogP contribution in [0.25, 0.3) is 0 Å². The number of ether oxygens (including phenoxy) is 1. The molecular formula is C17H20ClN3O5S2. The molecule has 0 atom stereocenters. The minimum atomic E-state index is -3.95. The molecule has 0 aliphatic carbocycles. The molecule has 28 heavy (non-hydrogen) atoms. The van der Waals surface area contributed by atoms with Gasteiger partial charge in [-0.25, -0.2) is 17.9 Å². The lowest BCUT2D eigenvalue weighted by atomic mass is 10.2. The van der Waals surface area contributed by atoms with Crippen LogP contribution in [0.15, 0.2) is 29.2 Å². The molecule has 3 N–H and O–H groups in total. The molecule has 0 saturated heterocycles. The van der Waals surface area contributed by atoms with Crippen molar-refractivity contribution in [3.8, 4) is 5.75 Å². The third kappa shape index (κ3) is 5.37. The Morgan fingerprint density at radius 1 is 1.25 bits per heavy atom. The van der Waals surface area contributed by atoms with E-state index in [9.17, 15) is 18.0 Å². The van der Waals surface area contributed by atoms with E-state index in [0.717, 1.165) is 4.88 Å². The molecule has 152 valence electrons. The second-order valence-electron chi connectivity index (χ2n) is 5.67. The van der Waals surface area contributed by atoms with Crippen LogP contribution in [-0.4, -0.2) is 41.1 Å². The van der Waals surface area contributed by atoms with Crippen molar-refractivity contribution in [2.45, 2.75) is 18.2 Å². The Balaban J connectivity index is 2.04. The summed E-state index contributed by atoms with van der Waals surface area (Å²) in [5, 5.41) is 5.37. The first-order valence-electron chi connectivity index (χ1n) is 8.13. The fourth-order valence-corrected chi connectivity index (χ4v) is 5.16. The highest BCUT2D eigenvalue weighted by atomic mass is 35.5. The van der Waals surface area contributed by atoms with E-state index in [-0.39, 0.29) is 17.3 Å². The molecule has 3 amide bonds. The number of nitrogens with one attached hydrogen (secondary N) is 3. The fourth-order valence-electron chi connectivity index (χ4n) is 2.39. The van der Waals surface area contributed by atoms with Crippen LogP contribution in [0.4, 0.5) is 4.79 Å². The molecular weight excluding hydrogens is 426 g/mol. The van der Waals surface area contributed by atoms with Crippen LogP contribution in [0.3, 0.4) is 0 Å². The monoisotopic (exact) mass is 445 g/mol. The van der Waals surface area contributed by atoms with Crippen LogP contribution in [0.5, 0.6) is 5.75 Å². The van der Waals surface area contributed by atoms with Crippen molar-refractivity contribution in [1.29, 1.82) is 0 Å². The van der Waals surface area contributed by atoms with E-state index in [1.54, 1.807) is 19.1 Å². The Bertz CT molecular complexity index is 989. The number of rotatable bonds is 7. The Kier molecular flexibility index (Phi) is 7.28. The number of sulfonamides is 1. The summed E-state index contributed by atoms with van der Waals surface area (Å²) in [6.07, 6.45) is 0.426. The average molecular weight is 446 g/mol. The van der Waals surface area contributed by atoms with Crippen LogP contribution >= 0.6 is 22.9 Å². The van der Waals surface area contributed by atoms with Gasteiger partial charge in [-0.3, -0.25) is 4.79 Å². The van der Waals surface area contributed by atoms with Crippen LogP contribution in [-0.2, 0) is 16.4 Å². The normalized spacial score (nSPS) is 11.0. The van der Waals surface area contributed by atoms with Crippen LogP contribution in [0.1, 0.15) is 20.1 Å². The van der Waals surface area contributed by atoms with E-state index in [0.29, 0.717) is 27.6 Å². The van der Waals surface area contributed by atoms with E-state index < -0.39 is 16.1 Å². The van der Waals surface area contributed by atoms with Gasteiger partial charge in [-0.2, -0.15) is 0 Å². The molecule has 0 aliphatic heterocycles. The second kappa shape index (κ2) is 9.26. The lowest BCUT2D eigenvalue weighted by molar-refractivity contribution is 0.0951. The summed E-state index contributed by atoms with van der Waals surface area (Å²) in [4.78, 5) is 25.0. The van der Waals surface area contributed by atoms with Gasteiger partial charge >= 0.3 is 6.03 Å². The summed E-state index contributed by atoms with van der Waals surface area (Å²) < 4.78 is 31.6. The number of thiophene rings is 1. The van der Waals surface area contributed by atoms with Gasteiger partial charge in [0.15, 0.2) is 0 Å². The molecule has 1 aromatic carbocycles. The van der Waals surface area contributed by atoms with Crippen molar-refractivity contribution < 1.29 is 22.7 Å². The van der Waals surface area contributed by atoms with Crippen molar-refractivity contribution in [3.05, 3.63) is 44.6 Å². The molecule has 0 bridgehead atoms. The lowest BCUT2D eigenvalue weighted by Crippen LogP contribution is -2.37. The Morgan fingerprint density at radius 3 is 2.61 bits per heavy atom. The van der Waals surface area contributed by atoms with E-state index in [2.05, 4.69) is 10.6 Å². The maximum atomic E-state index is 12.4. The van der Waals surface area contributed by atoms with Crippen molar-refractivity contribution in [3.63, 3.8) is 0 Å². The number of hydrogen-bond donors (Lipinski definition) is 3. The quantitative estimate of drug-likeness (QED) is 0.605. The molecule has 2 rings (SSSR count). The van der Waals surface area contributed by atoms with Gasteiger partial charge < -0.3 is 15.4 Å². The SMILES string of the molecule is CNC(=O)NS(=O)(=O)c1cc(CCNC(=O)c2cc(Cl)ccc2OC)sc1C. The molecule has 11 heteroatoms. The fraction of sp³-hybridized carbons (Fsp3) is 0.294. The first kappa shape index (κ1) is 22.0. The third-order valence-corrected chi connectivity index (χ3v) is 6.66. The Hall–Kier alpha value is -2.30. The van der Waals surface area contributed by atoms with E-state index in [1.165, 1.54) is 37.6 Å². The topological polar surface area (TPSA) is 114 Å². The third-order valence-electron chi connectivity index (χ3n) is 3.73. The number of methoxy groups -OCH3 is 1. The van der Waals surface area contributed by atoms with Gasteiger partial charge in [0.1, 0.15) is 10.6 Å². The number of urea groups is 1. The average Bonchev–Trinajstić information content (AvgIpc) is 3.02. The van der Waals surface area contributed by atoms with Crippen molar-refractivity contribution in [2.75, 3.05) is 20.7 Å². The molecule has 8 nitrogen and oxygen atoms in total. The van der Waals surface area contributed by atoms with E-state index >= 15 is 0 Å². The first-order valence-corrected chi connectivity index (χ1v) is 10.8. The number of hydrogen-bond acceptors (Lipinski definition) is 6. The number of carbonyl (C=O) groups excluding carboxylic acids is 2. The predicted octanol–water partition coefficient (Wildman–Crippen LogP) is 2.31. The molecule has 2 aromatic rings. The summed E-state index contributed by atoms with van der Waals surface area (Å²) in [5.41, 5.74) is 0.315. The maximum absolute atomic E-state index is 12.4. The Morgan fingerprint density at radius 2 is 1.96 bits per heavy atom. The van der Waals surface area contributed by atoms with Crippen LogP contribution in [0, 0.1) is 6.92 Å². The zero-order chi connectivity index (χ0) is 20.9. The van der Waals surface area contributed by atoms with Gasteiger partial charge in [-0.05, 0) is 37.6 Å². The smallest absolute Gasteiger partial charge is 0.328 e. The highest BCUT2D eigenvalue weighted by Crippen LogP contribution is 2.26. The summed E-state index contributed by atoms with van der Waals surface area (Å²) in [7, 11) is -1.16. The van der Waals surface area contributed by atoms with Gasteiger partial charge in [0.25, 0.3) is 15.9 Å². The van der Waals surface area contributed by atoms with Gasteiger partial charge in [0, 0.05) is 28.4 Å². The van der Waals surface area contributed by atoms with E-state index in [4.69, 9.17) is 16.3 Å². The second-order valence-corrected chi connectivity index (χ2v) is 9.10. The Labute approximate surface area is 172 Å². The first-order chi connectivity index (χ1) is 13.2. The molecule has 0 saturated carbocycles. The highest BCUT2D eigenvalue weighted by molar-refractivity contribution is 7.90. The van der Waals surface area contributed by atoms with Crippen LogP contribution < -0.4 is 20.1 Å². The molecule has 0 aliphatic rings. The van der Waals surface area contributed by atoms with Gasteiger partial charge in [-0.1, -0.05) is 11.6 Å². The largest absolute Gasteiger partial charge is 0.496 e. The summed E-state index contributed by atoms with van der Waals surface area (Å²) in [6, 6.07) is 5.43. The molecule has 0 radical (unpaired) electrons. The zero-order valence-electron chi connectivity index (χ0n) is 15.5. The van der Waals surface area contributed by atoms with Crippen molar-refractivity contribution >= 4 is 44.9 Å².